The summed E-state index contributed by atoms with van der Waals surface area (Å²) in [6.07, 6.45) is 1.35. The highest BCUT2D eigenvalue weighted by Gasteiger charge is 2.59. The molecule has 104 valence electrons. The predicted molar refractivity (Wildman–Crippen MR) is 67.9 cm³/mol. The van der Waals surface area contributed by atoms with E-state index in [1.807, 2.05) is 20.8 Å². The van der Waals surface area contributed by atoms with Crippen molar-refractivity contribution in [2.75, 3.05) is 13.2 Å². The highest BCUT2D eigenvalue weighted by atomic mass is 16.5. The Morgan fingerprint density at radius 2 is 1.67 bits per heavy atom. The fourth-order valence-electron chi connectivity index (χ4n) is 2.81. The van der Waals surface area contributed by atoms with Gasteiger partial charge in [0.15, 0.2) is 0 Å². The Balaban J connectivity index is 2.93. The monoisotopic (exact) mass is 256 g/mol. The van der Waals surface area contributed by atoms with E-state index < -0.39 is 10.8 Å². The largest absolute Gasteiger partial charge is 0.466 e. The maximum absolute atomic E-state index is 12.1. The molecule has 4 heteroatoms. The predicted octanol–water partition coefficient (Wildman–Crippen LogP) is 2.56. The first-order valence-electron chi connectivity index (χ1n) is 6.65. The van der Waals surface area contributed by atoms with E-state index in [0.29, 0.717) is 26.1 Å². The van der Waals surface area contributed by atoms with Crippen LogP contribution >= 0.6 is 0 Å². The molecular formula is C14H24O4. The zero-order valence-electron chi connectivity index (χ0n) is 12.0. The van der Waals surface area contributed by atoms with E-state index in [9.17, 15) is 9.59 Å². The average molecular weight is 256 g/mol. The first-order valence-corrected chi connectivity index (χ1v) is 6.65. The second-order valence-electron chi connectivity index (χ2n) is 5.62. The minimum absolute atomic E-state index is 0.199. The molecule has 18 heavy (non-hydrogen) atoms. The third-order valence-electron chi connectivity index (χ3n) is 4.52. The average Bonchev–Trinajstić information content (AvgIpc) is 2.52. The lowest BCUT2D eigenvalue weighted by Crippen LogP contribution is -2.44. The first kappa shape index (κ1) is 15.0. The normalized spacial score (nSPS) is 29.9. The minimum atomic E-state index is -0.611. The van der Waals surface area contributed by atoms with E-state index >= 15 is 0 Å². The van der Waals surface area contributed by atoms with Gasteiger partial charge in [0.05, 0.1) is 24.5 Å². The summed E-state index contributed by atoms with van der Waals surface area (Å²) >= 11 is 0. The van der Waals surface area contributed by atoms with Gasteiger partial charge < -0.3 is 9.47 Å². The summed E-state index contributed by atoms with van der Waals surface area (Å²) in [6, 6.07) is 0. The Kier molecular flexibility index (Phi) is 4.41. The van der Waals surface area contributed by atoms with E-state index in [2.05, 4.69) is 0 Å². The Bertz CT molecular complexity index is 335. The van der Waals surface area contributed by atoms with Gasteiger partial charge in [0.2, 0.25) is 0 Å². The van der Waals surface area contributed by atoms with Crippen LogP contribution < -0.4 is 0 Å². The molecule has 1 aliphatic rings. The molecule has 0 amide bonds. The van der Waals surface area contributed by atoms with Crippen molar-refractivity contribution in [3.8, 4) is 0 Å². The highest BCUT2D eigenvalue weighted by Crippen LogP contribution is 2.56. The molecule has 0 N–H and O–H groups in total. The van der Waals surface area contributed by atoms with Crippen LogP contribution in [0.15, 0.2) is 0 Å². The van der Waals surface area contributed by atoms with Gasteiger partial charge in [0.25, 0.3) is 0 Å². The lowest BCUT2D eigenvalue weighted by Gasteiger charge is -2.38. The van der Waals surface area contributed by atoms with Crippen molar-refractivity contribution in [3.05, 3.63) is 0 Å². The second-order valence-corrected chi connectivity index (χ2v) is 5.62. The van der Waals surface area contributed by atoms with Gasteiger partial charge in [-0.05, 0) is 39.0 Å². The lowest BCUT2D eigenvalue weighted by molar-refractivity contribution is -0.164. The van der Waals surface area contributed by atoms with Gasteiger partial charge in [-0.25, -0.2) is 0 Å². The van der Waals surface area contributed by atoms with Gasteiger partial charge in [0, 0.05) is 0 Å². The van der Waals surface area contributed by atoms with Crippen LogP contribution in [0.2, 0.25) is 0 Å². The summed E-state index contributed by atoms with van der Waals surface area (Å²) < 4.78 is 10.3. The maximum atomic E-state index is 12.1. The molecule has 0 spiro atoms. The maximum Gasteiger partial charge on any atom is 0.312 e. The van der Waals surface area contributed by atoms with Crippen molar-refractivity contribution in [3.63, 3.8) is 0 Å². The number of rotatable bonds is 4. The molecule has 0 saturated heterocycles. The fraction of sp³-hybridized carbons (Fsp3) is 0.857. The Hall–Kier alpha value is -1.06. The van der Waals surface area contributed by atoms with E-state index in [0.717, 1.165) is 0 Å². The van der Waals surface area contributed by atoms with Gasteiger partial charge >= 0.3 is 11.9 Å². The number of hydrogen-bond donors (Lipinski definition) is 0. The molecule has 1 fully saturated rings. The molecule has 0 unspecified atom stereocenters. The molecule has 1 aliphatic carbocycles. The zero-order chi connectivity index (χ0) is 14.0. The van der Waals surface area contributed by atoms with Gasteiger partial charge in [-0.3, -0.25) is 9.59 Å². The molecule has 0 bridgehead atoms. The number of hydrogen-bond acceptors (Lipinski definition) is 4. The number of carbonyl (C=O) groups is 2. The summed E-state index contributed by atoms with van der Waals surface area (Å²) in [5.74, 6) is -0.635. The van der Waals surface area contributed by atoms with Crippen LogP contribution in [-0.4, -0.2) is 25.2 Å². The van der Waals surface area contributed by atoms with Crippen LogP contribution in [0.3, 0.4) is 0 Å². The van der Waals surface area contributed by atoms with E-state index in [4.69, 9.17) is 9.47 Å². The topological polar surface area (TPSA) is 52.6 Å². The fourth-order valence-corrected chi connectivity index (χ4v) is 2.81. The second kappa shape index (κ2) is 5.29. The van der Waals surface area contributed by atoms with Crippen molar-refractivity contribution in [2.45, 2.75) is 47.5 Å². The molecule has 0 aromatic heterocycles. The molecule has 1 rings (SSSR count). The van der Waals surface area contributed by atoms with E-state index in [1.54, 1.807) is 13.8 Å². The highest BCUT2D eigenvalue weighted by molar-refractivity contribution is 5.82. The third-order valence-corrected chi connectivity index (χ3v) is 4.52. The molecular weight excluding hydrogens is 232 g/mol. The van der Waals surface area contributed by atoms with Crippen LogP contribution in [0.4, 0.5) is 0 Å². The number of carbonyl (C=O) groups excluding carboxylic acids is 2. The molecule has 2 atom stereocenters. The smallest absolute Gasteiger partial charge is 0.312 e. The van der Waals surface area contributed by atoms with Crippen LogP contribution in [-0.2, 0) is 19.1 Å². The SMILES string of the molecule is CCOC(=O)[C@@H]1CC[C@](C)(C(=O)OCC)C1(C)C. The van der Waals surface area contributed by atoms with E-state index in [-0.39, 0.29) is 17.9 Å². The quantitative estimate of drug-likeness (QED) is 0.725. The van der Waals surface area contributed by atoms with E-state index in [1.165, 1.54) is 0 Å². The van der Waals surface area contributed by atoms with Crippen molar-refractivity contribution in [1.82, 2.24) is 0 Å². The molecule has 0 radical (unpaired) electrons. The standard InChI is InChI=1S/C14H24O4/c1-6-17-11(15)10-8-9-14(5,13(10,3)4)12(16)18-7-2/h10H,6-9H2,1-5H3/t10-,14+/m0/s1. The number of ether oxygens (including phenoxy) is 2. The first-order chi connectivity index (χ1) is 8.31. The molecule has 4 nitrogen and oxygen atoms in total. The molecule has 0 aromatic carbocycles. The lowest BCUT2D eigenvalue weighted by atomic mass is 9.65. The Labute approximate surface area is 109 Å². The van der Waals surface area contributed by atoms with Crippen molar-refractivity contribution >= 4 is 11.9 Å². The van der Waals surface area contributed by atoms with Crippen LogP contribution in [0.5, 0.6) is 0 Å². The van der Waals surface area contributed by atoms with Crippen molar-refractivity contribution in [2.24, 2.45) is 16.7 Å². The van der Waals surface area contributed by atoms with Gasteiger partial charge in [-0.1, -0.05) is 13.8 Å². The summed E-state index contributed by atoms with van der Waals surface area (Å²) in [7, 11) is 0. The van der Waals surface area contributed by atoms with Crippen molar-refractivity contribution < 1.29 is 19.1 Å². The Morgan fingerprint density at radius 3 is 2.17 bits per heavy atom. The van der Waals surface area contributed by atoms with Gasteiger partial charge in [-0.15, -0.1) is 0 Å². The van der Waals surface area contributed by atoms with Crippen LogP contribution in [0, 0.1) is 16.7 Å². The van der Waals surface area contributed by atoms with Crippen LogP contribution in [0.1, 0.15) is 47.5 Å². The van der Waals surface area contributed by atoms with Gasteiger partial charge in [0.1, 0.15) is 0 Å². The summed E-state index contributed by atoms with van der Waals surface area (Å²) in [5.41, 5.74) is -1.05. The van der Waals surface area contributed by atoms with Crippen LogP contribution in [0.25, 0.3) is 0 Å². The molecule has 0 aromatic rings. The summed E-state index contributed by atoms with van der Waals surface area (Å²) in [5, 5.41) is 0. The zero-order valence-corrected chi connectivity index (χ0v) is 12.0. The Morgan fingerprint density at radius 1 is 1.11 bits per heavy atom. The third kappa shape index (κ3) is 2.25. The molecule has 0 aliphatic heterocycles. The van der Waals surface area contributed by atoms with Crippen molar-refractivity contribution in [1.29, 1.82) is 0 Å². The van der Waals surface area contributed by atoms with Gasteiger partial charge in [-0.2, -0.15) is 0 Å². The summed E-state index contributed by atoms with van der Waals surface area (Å²) in [4.78, 5) is 24.1. The summed E-state index contributed by atoms with van der Waals surface area (Å²) in [6.45, 7) is 10.1. The minimum Gasteiger partial charge on any atom is -0.466 e. The molecule has 1 saturated carbocycles. The number of esters is 2. The molecule has 0 heterocycles.